The lowest BCUT2D eigenvalue weighted by atomic mass is 10.2. The SMILES string of the molecule is CCOCCS(=O)(=O)Nc1cc(C#CCN)ccc1Cl. The molecule has 0 aromatic heterocycles. The predicted octanol–water partition coefficient (Wildman–Crippen LogP) is 1.43. The molecule has 0 saturated carbocycles. The minimum absolute atomic E-state index is 0.129. The molecule has 0 amide bonds. The Kier molecular flexibility index (Phi) is 6.82. The van der Waals surface area contributed by atoms with Crippen LogP contribution in [0.4, 0.5) is 5.69 Å². The highest BCUT2D eigenvalue weighted by Gasteiger charge is 2.12. The molecule has 0 radical (unpaired) electrons. The van der Waals surface area contributed by atoms with Crippen LogP contribution in [-0.4, -0.2) is 33.9 Å². The zero-order valence-corrected chi connectivity index (χ0v) is 12.7. The van der Waals surface area contributed by atoms with Crippen LogP contribution in [0.1, 0.15) is 12.5 Å². The lowest BCUT2D eigenvalue weighted by Crippen LogP contribution is -2.20. The lowest BCUT2D eigenvalue weighted by Gasteiger charge is -2.10. The van der Waals surface area contributed by atoms with E-state index < -0.39 is 10.0 Å². The van der Waals surface area contributed by atoms with Gasteiger partial charge in [-0.15, -0.1) is 0 Å². The Labute approximate surface area is 124 Å². The summed E-state index contributed by atoms with van der Waals surface area (Å²) in [7, 11) is -3.50. The maximum atomic E-state index is 11.8. The van der Waals surface area contributed by atoms with E-state index in [9.17, 15) is 8.42 Å². The van der Waals surface area contributed by atoms with Crippen molar-refractivity contribution in [1.82, 2.24) is 0 Å². The van der Waals surface area contributed by atoms with Gasteiger partial charge in [-0.25, -0.2) is 8.42 Å². The molecule has 0 aliphatic heterocycles. The number of benzene rings is 1. The number of halogens is 1. The standard InChI is InChI=1S/C13H17ClN2O3S/c1-2-19-8-9-20(17,18)16-13-10-11(4-3-7-15)5-6-12(13)14/h5-6,10,16H,2,7-9,15H2,1H3. The fourth-order valence-corrected chi connectivity index (χ4v) is 2.53. The van der Waals surface area contributed by atoms with E-state index in [0.717, 1.165) is 0 Å². The second kappa shape index (κ2) is 8.12. The molecule has 0 atom stereocenters. The molecule has 5 nitrogen and oxygen atoms in total. The average molecular weight is 317 g/mol. The molecule has 20 heavy (non-hydrogen) atoms. The highest BCUT2D eigenvalue weighted by Crippen LogP contribution is 2.23. The number of nitrogens with one attached hydrogen (secondary N) is 1. The zero-order chi connectivity index (χ0) is 15.0. The minimum atomic E-state index is -3.50. The molecular formula is C13H17ClN2O3S. The average Bonchev–Trinajstić information content (AvgIpc) is 2.39. The first-order valence-electron chi connectivity index (χ1n) is 6.05. The first kappa shape index (κ1) is 16.8. The first-order chi connectivity index (χ1) is 9.48. The third kappa shape index (κ3) is 5.80. The van der Waals surface area contributed by atoms with Gasteiger partial charge in [0.05, 0.1) is 29.6 Å². The Bertz CT molecular complexity index is 606. The van der Waals surface area contributed by atoms with Crippen molar-refractivity contribution < 1.29 is 13.2 Å². The number of anilines is 1. The number of hydrogen-bond donors (Lipinski definition) is 2. The van der Waals surface area contributed by atoms with Crippen molar-refractivity contribution in [3.8, 4) is 11.8 Å². The van der Waals surface area contributed by atoms with Gasteiger partial charge in [-0.1, -0.05) is 23.4 Å². The van der Waals surface area contributed by atoms with Gasteiger partial charge in [-0.2, -0.15) is 0 Å². The minimum Gasteiger partial charge on any atom is -0.381 e. The summed E-state index contributed by atoms with van der Waals surface area (Å²) in [4.78, 5) is 0. The van der Waals surface area contributed by atoms with Crippen molar-refractivity contribution in [2.75, 3.05) is 30.2 Å². The van der Waals surface area contributed by atoms with Gasteiger partial charge in [0.25, 0.3) is 0 Å². The Hall–Kier alpha value is -1.26. The van der Waals surface area contributed by atoms with Crippen LogP contribution in [-0.2, 0) is 14.8 Å². The molecule has 1 aromatic carbocycles. The topological polar surface area (TPSA) is 81.4 Å². The maximum Gasteiger partial charge on any atom is 0.235 e. The summed E-state index contributed by atoms with van der Waals surface area (Å²) >= 11 is 5.97. The van der Waals surface area contributed by atoms with E-state index >= 15 is 0 Å². The Morgan fingerprint density at radius 2 is 2.20 bits per heavy atom. The van der Waals surface area contributed by atoms with E-state index in [1.54, 1.807) is 25.1 Å². The van der Waals surface area contributed by atoms with E-state index in [4.69, 9.17) is 22.1 Å². The smallest absolute Gasteiger partial charge is 0.235 e. The second-order valence-corrected chi connectivity index (χ2v) is 6.07. The fraction of sp³-hybridized carbons (Fsp3) is 0.385. The molecule has 0 saturated heterocycles. The molecule has 0 heterocycles. The summed E-state index contributed by atoms with van der Waals surface area (Å²) in [5.74, 6) is 5.38. The van der Waals surface area contributed by atoms with Crippen molar-refractivity contribution in [3.63, 3.8) is 0 Å². The Morgan fingerprint density at radius 1 is 1.45 bits per heavy atom. The molecule has 1 aromatic rings. The zero-order valence-electron chi connectivity index (χ0n) is 11.1. The van der Waals surface area contributed by atoms with Crippen molar-refractivity contribution in [3.05, 3.63) is 28.8 Å². The van der Waals surface area contributed by atoms with Gasteiger partial charge in [0.15, 0.2) is 0 Å². The third-order valence-electron chi connectivity index (χ3n) is 2.27. The number of hydrogen-bond acceptors (Lipinski definition) is 4. The van der Waals surface area contributed by atoms with Crippen molar-refractivity contribution in [2.24, 2.45) is 5.73 Å². The molecule has 0 fully saturated rings. The van der Waals surface area contributed by atoms with Gasteiger partial charge in [-0.05, 0) is 25.1 Å². The molecule has 0 spiro atoms. The molecule has 0 aliphatic carbocycles. The van der Waals surface area contributed by atoms with Crippen molar-refractivity contribution in [1.29, 1.82) is 0 Å². The quantitative estimate of drug-likeness (QED) is 0.614. The van der Waals surface area contributed by atoms with Crippen LogP contribution in [0.3, 0.4) is 0 Å². The highest BCUT2D eigenvalue weighted by atomic mass is 35.5. The second-order valence-electron chi connectivity index (χ2n) is 3.82. The van der Waals surface area contributed by atoms with E-state index in [1.165, 1.54) is 0 Å². The molecule has 3 N–H and O–H groups in total. The fourth-order valence-electron chi connectivity index (χ4n) is 1.37. The largest absolute Gasteiger partial charge is 0.381 e. The maximum absolute atomic E-state index is 11.8. The van der Waals surface area contributed by atoms with Crippen LogP contribution in [0.15, 0.2) is 18.2 Å². The summed E-state index contributed by atoms with van der Waals surface area (Å²) in [6, 6.07) is 4.86. The number of ether oxygens (including phenoxy) is 1. The normalized spacial score (nSPS) is 10.8. The molecule has 0 bridgehead atoms. The van der Waals surface area contributed by atoms with E-state index in [1.807, 2.05) is 0 Å². The van der Waals surface area contributed by atoms with Crippen LogP contribution in [0.5, 0.6) is 0 Å². The monoisotopic (exact) mass is 316 g/mol. The van der Waals surface area contributed by atoms with Crippen LogP contribution < -0.4 is 10.5 Å². The number of rotatable bonds is 6. The van der Waals surface area contributed by atoms with Crippen molar-refractivity contribution in [2.45, 2.75) is 6.92 Å². The highest BCUT2D eigenvalue weighted by molar-refractivity contribution is 7.92. The van der Waals surface area contributed by atoms with Crippen molar-refractivity contribution >= 4 is 27.3 Å². The molecule has 7 heteroatoms. The van der Waals surface area contributed by atoms with E-state index in [0.29, 0.717) is 22.9 Å². The van der Waals surface area contributed by atoms with Crippen LogP contribution in [0.25, 0.3) is 0 Å². The van der Waals surface area contributed by atoms with Gasteiger partial charge in [-0.3, -0.25) is 4.72 Å². The first-order valence-corrected chi connectivity index (χ1v) is 8.08. The molecular weight excluding hydrogens is 300 g/mol. The summed E-state index contributed by atoms with van der Waals surface area (Å²) in [6.07, 6.45) is 0. The van der Waals surface area contributed by atoms with Crippen LogP contribution >= 0.6 is 11.6 Å². The van der Waals surface area contributed by atoms with Crippen LogP contribution in [0, 0.1) is 11.8 Å². The van der Waals surface area contributed by atoms with E-state index in [2.05, 4.69) is 16.6 Å². The summed E-state index contributed by atoms with van der Waals surface area (Å²) in [5, 5.41) is 0.309. The summed E-state index contributed by atoms with van der Waals surface area (Å²) in [5.41, 5.74) is 6.23. The molecule has 0 aliphatic rings. The number of sulfonamides is 1. The van der Waals surface area contributed by atoms with Gasteiger partial charge < -0.3 is 10.5 Å². The Morgan fingerprint density at radius 3 is 2.85 bits per heavy atom. The van der Waals surface area contributed by atoms with Gasteiger partial charge in [0.1, 0.15) is 0 Å². The van der Waals surface area contributed by atoms with Gasteiger partial charge in [0, 0.05) is 12.2 Å². The Balaban J connectivity index is 2.85. The van der Waals surface area contributed by atoms with Gasteiger partial charge in [0.2, 0.25) is 10.0 Å². The predicted molar refractivity (Wildman–Crippen MR) is 81.3 cm³/mol. The molecule has 110 valence electrons. The summed E-state index contributed by atoms with van der Waals surface area (Å²) < 4.78 is 31.1. The van der Waals surface area contributed by atoms with E-state index in [-0.39, 0.29) is 18.9 Å². The molecule has 0 unspecified atom stereocenters. The number of nitrogens with two attached hydrogens (primary N) is 1. The lowest BCUT2D eigenvalue weighted by molar-refractivity contribution is 0.163. The summed E-state index contributed by atoms with van der Waals surface area (Å²) in [6.45, 7) is 2.64. The molecule has 1 rings (SSSR count). The van der Waals surface area contributed by atoms with Gasteiger partial charge >= 0.3 is 0 Å². The van der Waals surface area contributed by atoms with Crippen LogP contribution in [0.2, 0.25) is 5.02 Å². The third-order valence-corrected chi connectivity index (χ3v) is 3.83.